The predicted molar refractivity (Wildman–Crippen MR) is 127 cm³/mol. The summed E-state index contributed by atoms with van der Waals surface area (Å²) in [6.07, 6.45) is 0.470. The maximum Gasteiger partial charge on any atom is 0.239 e. The zero-order valence-electron chi connectivity index (χ0n) is 18.8. The van der Waals surface area contributed by atoms with Crippen LogP contribution in [0.3, 0.4) is 0 Å². The fourth-order valence-corrected chi connectivity index (χ4v) is 4.31. The van der Waals surface area contributed by atoms with Crippen molar-refractivity contribution < 1.29 is 9.32 Å². The quantitative estimate of drug-likeness (QED) is 0.469. The van der Waals surface area contributed by atoms with E-state index in [2.05, 4.69) is 41.4 Å². The summed E-state index contributed by atoms with van der Waals surface area (Å²) in [6, 6.07) is 13.5. The number of amides is 1. The van der Waals surface area contributed by atoms with Crippen LogP contribution in [-0.4, -0.2) is 21.3 Å². The minimum atomic E-state index is -0.565. The molecule has 2 aromatic heterocycles. The lowest BCUT2D eigenvalue weighted by atomic mass is 9.94. The van der Waals surface area contributed by atoms with Crippen LogP contribution in [0.25, 0.3) is 11.1 Å². The number of nitrogen functional groups attached to an aromatic ring is 1. The molecule has 0 bridgehead atoms. The van der Waals surface area contributed by atoms with Gasteiger partial charge in [0, 0.05) is 11.6 Å². The average molecular weight is 461 g/mol. The second-order valence-electron chi connectivity index (χ2n) is 7.75. The molecule has 8 nitrogen and oxygen atoms in total. The van der Waals surface area contributed by atoms with E-state index < -0.39 is 5.25 Å². The van der Waals surface area contributed by atoms with Gasteiger partial charge in [-0.1, -0.05) is 62.0 Å². The van der Waals surface area contributed by atoms with Crippen molar-refractivity contribution in [3.05, 3.63) is 52.8 Å². The Labute approximate surface area is 196 Å². The Kier molecular flexibility index (Phi) is 7.37. The first-order chi connectivity index (χ1) is 15.8. The van der Waals surface area contributed by atoms with Crippen LogP contribution in [0.5, 0.6) is 0 Å². The Balaban J connectivity index is 2.02. The fourth-order valence-electron chi connectivity index (χ4n) is 3.30. The van der Waals surface area contributed by atoms with E-state index >= 15 is 0 Å². The second kappa shape index (κ2) is 10.2. The van der Waals surface area contributed by atoms with Gasteiger partial charge >= 0.3 is 0 Å². The molecule has 0 aliphatic carbocycles. The Hall–Kier alpha value is -3.82. The van der Waals surface area contributed by atoms with Crippen LogP contribution in [0.15, 0.2) is 39.9 Å². The van der Waals surface area contributed by atoms with Crippen LogP contribution < -0.4 is 11.1 Å². The summed E-state index contributed by atoms with van der Waals surface area (Å²) in [5, 5.41) is 26.0. The number of carbonyl (C=O) groups excluding carboxylic acids is 1. The van der Waals surface area contributed by atoms with Gasteiger partial charge in [0.15, 0.2) is 5.82 Å². The molecular weight excluding hydrogens is 436 g/mol. The summed E-state index contributed by atoms with van der Waals surface area (Å²) < 4.78 is 4.99. The standard InChI is InChI=1S/C24H24N6O2S/c1-5-19(23(31)28-20-10-14(4)32-30-20)33-24-18(12-26)21(17(11-25)22(27)29-24)16-8-6-15(7-9-16)13(2)3/h6-10,13,19H,5H2,1-4H3,(H2,27,29)(H,28,30,31). The summed E-state index contributed by atoms with van der Waals surface area (Å²) in [7, 11) is 0. The molecule has 168 valence electrons. The van der Waals surface area contributed by atoms with Crippen molar-refractivity contribution in [2.45, 2.75) is 50.3 Å². The highest BCUT2D eigenvalue weighted by molar-refractivity contribution is 8.00. The molecule has 1 amide bonds. The molecule has 0 radical (unpaired) electrons. The first-order valence-electron chi connectivity index (χ1n) is 10.4. The lowest BCUT2D eigenvalue weighted by Crippen LogP contribution is -2.25. The Morgan fingerprint density at radius 2 is 1.88 bits per heavy atom. The highest BCUT2D eigenvalue weighted by atomic mass is 32.2. The number of anilines is 2. The summed E-state index contributed by atoms with van der Waals surface area (Å²) in [5.41, 5.74) is 8.72. The first-order valence-corrected chi connectivity index (χ1v) is 11.3. The van der Waals surface area contributed by atoms with Crippen molar-refractivity contribution in [2.75, 3.05) is 11.1 Å². The Morgan fingerprint density at radius 1 is 1.21 bits per heavy atom. The van der Waals surface area contributed by atoms with E-state index in [4.69, 9.17) is 10.3 Å². The molecule has 1 unspecified atom stereocenters. The number of benzene rings is 1. The smallest absolute Gasteiger partial charge is 0.239 e. The number of aryl methyl sites for hydroxylation is 1. The third kappa shape index (κ3) is 5.16. The predicted octanol–water partition coefficient (Wildman–Crippen LogP) is 5.00. The molecule has 1 atom stereocenters. The number of hydrogen-bond donors (Lipinski definition) is 2. The topological polar surface area (TPSA) is 142 Å². The van der Waals surface area contributed by atoms with Gasteiger partial charge in [0.05, 0.1) is 10.8 Å². The molecule has 0 aliphatic rings. The number of nitriles is 2. The Morgan fingerprint density at radius 3 is 2.39 bits per heavy atom. The highest BCUT2D eigenvalue weighted by Crippen LogP contribution is 2.38. The van der Waals surface area contributed by atoms with Gasteiger partial charge in [0.1, 0.15) is 34.3 Å². The number of thioether (sulfide) groups is 1. The van der Waals surface area contributed by atoms with E-state index in [0.717, 1.165) is 17.3 Å². The minimum absolute atomic E-state index is 0.0179. The van der Waals surface area contributed by atoms with Crippen molar-refractivity contribution in [3.63, 3.8) is 0 Å². The van der Waals surface area contributed by atoms with Crippen molar-refractivity contribution in [3.8, 4) is 23.3 Å². The van der Waals surface area contributed by atoms with Crippen molar-refractivity contribution in [2.24, 2.45) is 0 Å². The van der Waals surface area contributed by atoms with Crippen molar-refractivity contribution in [1.29, 1.82) is 10.5 Å². The number of nitrogens with two attached hydrogens (primary N) is 1. The summed E-state index contributed by atoms with van der Waals surface area (Å²) in [4.78, 5) is 17.1. The van der Waals surface area contributed by atoms with Gasteiger partial charge in [-0.3, -0.25) is 4.79 Å². The zero-order chi connectivity index (χ0) is 24.1. The number of hydrogen-bond acceptors (Lipinski definition) is 8. The summed E-state index contributed by atoms with van der Waals surface area (Å²) >= 11 is 1.13. The largest absolute Gasteiger partial charge is 0.383 e. The molecule has 3 N–H and O–H groups in total. The molecule has 2 heterocycles. The zero-order valence-corrected chi connectivity index (χ0v) is 19.7. The molecule has 0 saturated carbocycles. The van der Waals surface area contributed by atoms with Gasteiger partial charge in [-0.2, -0.15) is 10.5 Å². The maximum absolute atomic E-state index is 12.8. The van der Waals surface area contributed by atoms with Gasteiger partial charge in [-0.25, -0.2) is 4.98 Å². The second-order valence-corrected chi connectivity index (χ2v) is 8.95. The van der Waals surface area contributed by atoms with Crippen LogP contribution in [0.1, 0.15) is 55.6 Å². The lowest BCUT2D eigenvalue weighted by molar-refractivity contribution is -0.115. The summed E-state index contributed by atoms with van der Waals surface area (Å²) in [5.74, 6) is 0.954. The van der Waals surface area contributed by atoms with Gasteiger partial charge in [-0.05, 0) is 30.4 Å². The molecule has 0 aliphatic heterocycles. The maximum atomic E-state index is 12.8. The lowest BCUT2D eigenvalue weighted by Gasteiger charge is -2.17. The van der Waals surface area contributed by atoms with Crippen molar-refractivity contribution >= 4 is 29.3 Å². The third-order valence-electron chi connectivity index (χ3n) is 5.08. The normalized spacial score (nSPS) is 11.6. The van der Waals surface area contributed by atoms with Crippen LogP contribution in [0, 0.1) is 29.6 Å². The number of nitrogens with zero attached hydrogens (tertiary/aromatic N) is 4. The minimum Gasteiger partial charge on any atom is -0.383 e. The molecule has 3 aromatic rings. The Bertz CT molecular complexity index is 1250. The van der Waals surface area contributed by atoms with E-state index in [0.29, 0.717) is 40.1 Å². The van der Waals surface area contributed by atoms with E-state index in [1.54, 1.807) is 13.0 Å². The molecule has 0 spiro atoms. The highest BCUT2D eigenvalue weighted by Gasteiger charge is 2.26. The summed E-state index contributed by atoms with van der Waals surface area (Å²) in [6.45, 7) is 7.76. The van der Waals surface area contributed by atoms with Gasteiger partial charge < -0.3 is 15.6 Å². The number of rotatable bonds is 7. The molecule has 1 aromatic carbocycles. The fraction of sp³-hybridized carbons (Fsp3) is 0.292. The van der Waals surface area contributed by atoms with E-state index in [1.165, 1.54) is 0 Å². The van der Waals surface area contributed by atoms with Gasteiger partial charge in [0.25, 0.3) is 0 Å². The van der Waals surface area contributed by atoms with E-state index in [9.17, 15) is 15.3 Å². The number of pyridine rings is 1. The SMILES string of the molecule is CCC(Sc1nc(N)c(C#N)c(-c2ccc(C(C)C)cc2)c1C#N)C(=O)Nc1cc(C)on1. The average Bonchev–Trinajstić information content (AvgIpc) is 3.21. The number of aromatic nitrogens is 2. The van der Waals surface area contributed by atoms with Crippen LogP contribution in [-0.2, 0) is 4.79 Å². The van der Waals surface area contributed by atoms with Gasteiger partial charge in [0.2, 0.25) is 5.91 Å². The van der Waals surface area contributed by atoms with E-state index in [1.807, 2.05) is 31.2 Å². The molecule has 9 heteroatoms. The van der Waals surface area contributed by atoms with Crippen LogP contribution >= 0.6 is 11.8 Å². The van der Waals surface area contributed by atoms with Crippen molar-refractivity contribution in [1.82, 2.24) is 10.1 Å². The monoisotopic (exact) mass is 460 g/mol. The van der Waals surface area contributed by atoms with Crippen LogP contribution in [0.2, 0.25) is 0 Å². The number of nitrogens with one attached hydrogen (secondary N) is 1. The molecular formula is C24H24N6O2S. The molecule has 3 rings (SSSR count). The third-order valence-corrected chi connectivity index (χ3v) is 6.43. The molecule has 0 fully saturated rings. The number of carbonyl (C=O) groups is 1. The molecule has 33 heavy (non-hydrogen) atoms. The first kappa shape index (κ1) is 23.8. The van der Waals surface area contributed by atoms with Crippen LogP contribution in [0.4, 0.5) is 11.6 Å². The molecule has 0 saturated heterocycles. The van der Waals surface area contributed by atoms with E-state index in [-0.39, 0.29) is 22.9 Å². The van der Waals surface area contributed by atoms with Gasteiger partial charge in [-0.15, -0.1) is 0 Å².